The first kappa shape index (κ1) is 15.4. The molecule has 0 fully saturated rings. The van der Waals surface area contributed by atoms with Crippen LogP contribution in [0.3, 0.4) is 0 Å². The standard InChI is InChI=1S/C16H20Cl2N2/c1-12(2)9-19-10-14-6-4-8-20(14)11-13-5-3-7-15(17)16(13)18/h3-8,12,19H,9-11H2,1-2H3. The van der Waals surface area contributed by atoms with Gasteiger partial charge >= 0.3 is 0 Å². The van der Waals surface area contributed by atoms with Gasteiger partial charge in [0.1, 0.15) is 0 Å². The summed E-state index contributed by atoms with van der Waals surface area (Å²) >= 11 is 12.3. The summed E-state index contributed by atoms with van der Waals surface area (Å²) in [7, 11) is 0. The van der Waals surface area contributed by atoms with E-state index in [1.807, 2.05) is 18.2 Å². The third kappa shape index (κ3) is 4.02. The zero-order valence-corrected chi connectivity index (χ0v) is 13.4. The molecule has 1 aromatic heterocycles. The first-order valence-electron chi connectivity index (χ1n) is 6.85. The van der Waals surface area contributed by atoms with E-state index in [0.29, 0.717) is 16.0 Å². The molecule has 0 spiro atoms. The van der Waals surface area contributed by atoms with Crippen molar-refractivity contribution in [1.82, 2.24) is 9.88 Å². The number of halogens is 2. The van der Waals surface area contributed by atoms with Gasteiger partial charge in [0.2, 0.25) is 0 Å². The Morgan fingerprint density at radius 2 is 1.95 bits per heavy atom. The fourth-order valence-electron chi connectivity index (χ4n) is 2.11. The molecule has 0 amide bonds. The van der Waals surface area contributed by atoms with Crippen LogP contribution < -0.4 is 5.32 Å². The van der Waals surface area contributed by atoms with Gasteiger partial charge in [0.15, 0.2) is 0 Å². The molecular formula is C16H20Cl2N2. The fourth-order valence-corrected chi connectivity index (χ4v) is 2.49. The predicted octanol–water partition coefficient (Wildman–Crippen LogP) is 4.59. The topological polar surface area (TPSA) is 17.0 Å². The van der Waals surface area contributed by atoms with Crippen molar-refractivity contribution in [2.75, 3.05) is 6.54 Å². The van der Waals surface area contributed by atoms with Gasteiger partial charge in [-0.15, -0.1) is 0 Å². The number of benzene rings is 1. The minimum absolute atomic E-state index is 0.607. The van der Waals surface area contributed by atoms with Crippen molar-refractivity contribution in [3.63, 3.8) is 0 Å². The Morgan fingerprint density at radius 3 is 2.70 bits per heavy atom. The molecule has 2 rings (SSSR count). The minimum Gasteiger partial charge on any atom is -0.346 e. The van der Waals surface area contributed by atoms with Crippen molar-refractivity contribution in [2.45, 2.75) is 26.9 Å². The number of nitrogens with one attached hydrogen (secondary N) is 1. The van der Waals surface area contributed by atoms with E-state index in [0.717, 1.165) is 25.2 Å². The highest BCUT2D eigenvalue weighted by molar-refractivity contribution is 6.42. The van der Waals surface area contributed by atoms with Crippen molar-refractivity contribution in [2.24, 2.45) is 5.92 Å². The molecule has 2 aromatic rings. The molecule has 0 bridgehead atoms. The van der Waals surface area contributed by atoms with Gasteiger partial charge in [0.25, 0.3) is 0 Å². The van der Waals surface area contributed by atoms with Gasteiger partial charge in [-0.05, 0) is 36.2 Å². The highest BCUT2D eigenvalue weighted by Crippen LogP contribution is 2.26. The van der Waals surface area contributed by atoms with Crippen LogP contribution >= 0.6 is 23.2 Å². The van der Waals surface area contributed by atoms with E-state index >= 15 is 0 Å². The van der Waals surface area contributed by atoms with Crippen LogP contribution in [0, 0.1) is 5.92 Å². The zero-order valence-electron chi connectivity index (χ0n) is 11.9. The van der Waals surface area contributed by atoms with Crippen molar-refractivity contribution >= 4 is 23.2 Å². The highest BCUT2D eigenvalue weighted by atomic mass is 35.5. The normalized spacial score (nSPS) is 11.2. The van der Waals surface area contributed by atoms with E-state index in [9.17, 15) is 0 Å². The van der Waals surface area contributed by atoms with Gasteiger partial charge in [-0.2, -0.15) is 0 Å². The van der Waals surface area contributed by atoms with Gasteiger partial charge in [0, 0.05) is 25.0 Å². The second-order valence-electron chi connectivity index (χ2n) is 5.37. The van der Waals surface area contributed by atoms with Crippen molar-refractivity contribution in [3.8, 4) is 0 Å². The molecule has 4 heteroatoms. The molecule has 1 N–H and O–H groups in total. The maximum Gasteiger partial charge on any atom is 0.0642 e. The van der Waals surface area contributed by atoms with Crippen LogP contribution in [-0.2, 0) is 13.1 Å². The molecule has 2 nitrogen and oxygen atoms in total. The molecule has 1 heterocycles. The Morgan fingerprint density at radius 1 is 1.15 bits per heavy atom. The summed E-state index contributed by atoms with van der Waals surface area (Å²) in [4.78, 5) is 0. The molecule has 0 saturated heterocycles. The average molecular weight is 311 g/mol. The first-order chi connectivity index (χ1) is 9.58. The van der Waals surface area contributed by atoms with E-state index in [2.05, 4.69) is 42.1 Å². The summed E-state index contributed by atoms with van der Waals surface area (Å²) in [6, 6.07) is 9.95. The van der Waals surface area contributed by atoms with Crippen LogP contribution in [0.4, 0.5) is 0 Å². The Balaban J connectivity index is 2.06. The van der Waals surface area contributed by atoms with Gasteiger partial charge in [-0.25, -0.2) is 0 Å². The van der Waals surface area contributed by atoms with E-state index in [1.54, 1.807) is 0 Å². The van der Waals surface area contributed by atoms with Gasteiger partial charge < -0.3 is 9.88 Å². The molecule has 108 valence electrons. The maximum absolute atomic E-state index is 6.25. The molecule has 0 atom stereocenters. The summed E-state index contributed by atoms with van der Waals surface area (Å²) in [5.41, 5.74) is 2.29. The molecular weight excluding hydrogens is 291 g/mol. The summed E-state index contributed by atoms with van der Waals surface area (Å²) in [6.07, 6.45) is 2.07. The number of hydrogen-bond acceptors (Lipinski definition) is 1. The lowest BCUT2D eigenvalue weighted by molar-refractivity contribution is 0.539. The highest BCUT2D eigenvalue weighted by Gasteiger charge is 2.07. The molecule has 1 aromatic carbocycles. The van der Waals surface area contributed by atoms with E-state index < -0.39 is 0 Å². The van der Waals surface area contributed by atoms with Crippen LogP contribution in [0.15, 0.2) is 36.5 Å². The van der Waals surface area contributed by atoms with Crippen molar-refractivity contribution in [1.29, 1.82) is 0 Å². The maximum atomic E-state index is 6.25. The van der Waals surface area contributed by atoms with E-state index in [1.165, 1.54) is 5.69 Å². The molecule has 20 heavy (non-hydrogen) atoms. The lowest BCUT2D eigenvalue weighted by Crippen LogP contribution is -2.21. The summed E-state index contributed by atoms with van der Waals surface area (Å²) in [6.45, 7) is 7.03. The smallest absolute Gasteiger partial charge is 0.0642 e. The average Bonchev–Trinajstić information content (AvgIpc) is 2.82. The van der Waals surface area contributed by atoms with Crippen LogP contribution in [0.2, 0.25) is 10.0 Å². The second kappa shape index (κ2) is 7.16. The SMILES string of the molecule is CC(C)CNCc1cccn1Cc1cccc(Cl)c1Cl. The summed E-state index contributed by atoms with van der Waals surface area (Å²) < 4.78 is 2.20. The third-order valence-corrected chi connectivity index (χ3v) is 4.01. The van der Waals surface area contributed by atoms with Gasteiger partial charge in [-0.3, -0.25) is 0 Å². The molecule has 0 saturated carbocycles. The zero-order chi connectivity index (χ0) is 14.5. The van der Waals surface area contributed by atoms with Crippen LogP contribution in [0.1, 0.15) is 25.1 Å². The largest absolute Gasteiger partial charge is 0.346 e. The van der Waals surface area contributed by atoms with Crippen LogP contribution in [0.25, 0.3) is 0 Å². The molecule has 0 unspecified atom stereocenters. The van der Waals surface area contributed by atoms with Gasteiger partial charge in [-0.1, -0.05) is 49.2 Å². The Kier molecular flexibility index (Phi) is 5.53. The lowest BCUT2D eigenvalue weighted by atomic mass is 10.2. The van der Waals surface area contributed by atoms with E-state index in [-0.39, 0.29) is 0 Å². The minimum atomic E-state index is 0.607. The molecule has 0 aliphatic rings. The number of aromatic nitrogens is 1. The van der Waals surface area contributed by atoms with E-state index in [4.69, 9.17) is 23.2 Å². The lowest BCUT2D eigenvalue weighted by Gasteiger charge is -2.13. The Bertz CT molecular complexity index is 561. The monoisotopic (exact) mass is 310 g/mol. The molecule has 0 aliphatic carbocycles. The molecule has 0 radical (unpaired) electrons. The summed E-state index contributed by atoms with van der Waals surface area (Å²) in [5, 5.41) is 4.71. The van der Waals surface area contributed by atoms with Crippen LogP contribution in [-0.4, -0.2) is 11.1 Å². The second-order valence-corrected chi connectivity index (χ2v) is 6.15. The molecule has 0 aliphatic heterocycles. The third-order valence-electron chi connectivity index (χ3n) is 3.15. The number of hydrogen-bond donors (Lipinski definition) is 1. The Hall–Kier alpha value is -0.960. The van der Waals surface area contributed by atoms with Crippen LogP contribution in [0.5, 0.6) is 0 Å². The fraction of sp³-hybridized carbons (Fsp3) is 0.375. The quantitative estimate of drug-likeness (QED) is 0.825. The van der Waals surface area contributed by atoms with Crippen molar-refractivity contribution < 1.29 is 0 Å². The predicted molar refractivity (Wildman–Crippen MR) is 86.5 cm³/mol. The van der Waals surface area contributed by atoms with Crippen molar-refractivity contribution in [3.05, 3.63) is 57.8 Å². The first-order valence-corrected chi connectivity index (χ1v) is 7.61. The van der Waals surface area contributed by atoms with Gasteiger partial charge in [0.05, 0.1) is 10.0 Å². The Labute approximate surface area is 130 Å². The number of rotatable bonds is 6. The number of nitrogens with zero attached hydrogens (tertiary/aromatic N) is 1. The summed E-state index contributed by atoms with van der Waals surface area (Å²) in [5.74, 6) is 0.654.